The van der Waals surface area contributed by atoms with Gasteiger partial charge in [-0.25, -0.2) is 0 Å². The highest BCUT2D eigenvalue weighted by molar-refractivity contribution is 5.09. The van der Waals surface area contributed by atoms with E-state index in [4.69, 9.17) is 0 Å². The fourth-order valence-corrected chi connectivity index (χ4v) is 4.15. The highest BCUT2D eigenvalue weighted by atomic mass is 14.6. The van der Waals surface area contributed by atoms with Gasteiger partial charge in [0.05, 0.1) is 0 Å². The van der Waals surface area contributed by atoms with Crippen LogP contribution in [0, 0.1) is 23.2 Å². The molecule has 2 saturated carbocycles. The van der Waals surface area contributed by atoms with Crippen LogP contribution < -0.4 is 0 Å². The van der Waals surface area contributed by atoms with E-state index < -0.39 is 0 Å². The van der Waals surface area contributed by atoms with Crippen LogP contribution in [0.1, 0.15) is 59.8 Å². The Kier molecular flexibility index (Phi) is 2.96. The molecule has 3 unspecified atom stereocenters. The molecule has 2 rings (SSSR count). The lowest BCUT2D eigenvalue weighted by atomic mass is 9.66. The van der Waals surface area contributed by atoms with Gasteiger partial charge in [-0.2, -0.15) is 0 Å². The molecule has 0 N–H and O–H groups in total. The van der Waals surface area contributed by atoms with Gasteiger partial charge in [-0.15, -0.1) is 0 Å². The van der Waals surface area contributed by atoms with Crippen molar-refractivity contribution in [3.05, 3.63) is 11.6 Å². The third-order valence-electron chi connectivity index (χ3n) is 5.39. The van der Waals surface area contributed by atoms with Crippen LogP contribution in [0.15, 0.2) is 11.6 Å². The van der Waals surface area contributed by atoms with Gasteiger partial charge < -0.3 is 0 Å². The van der Waals surface area contributed by atoms with E-state index in [1.54, 1.807) is 5.57 Å². The van der Waals surface area contributed by atoms with Crippen LogP contribution in [0.4, 0.5) is 0 Å². The van der Waals surface area contributed by atoms with E-state index in [-0.39, 0.29) is 0 Å². The molecule has 86 valence electrons. The van der Waals surface area contributed by atoms with E-state index in [0.29, 0.717) is 5.41 Å². The summed E-state index contributed by atoms with van der Waals surface area (Å²) in [4.78, 5) is 0. The van der Waals surface area contributed by atoms with Gasteiger partial charge in [-0.05, 0) is 62.2 Å². The number of hydrogen-bond donors (Lipinski definition) is 0. The van der Waals surface area contributed by atoms with Gasteiger partial charge in [0.25, 0.3) is 0 Å². The molecule has 2 bridgehead atoms. The normalized spacial score (nSPS) is 38.7. The number of allylic oxidation sites excluding steroid dienone is 2. The molecule has 0 aromatic heterocycles. The van der Waals surface area contributed by atoms with Crippen molar-refractivity contribution in [3.63, 3.8) is 0 Å². The molecule has 0 spiro atoms. The van der Waals surface area contributed by atoms with E-state index >= 15 is 0 Å². The van der Waals surface area contributed by atoms with Crippen LogP contribution in [0.5, 0.6) is 0 Å². The zero-order valence-electron chi connectivity index (χ0n) is 10.8. The van der Waals surface area contributed by atoms with Crippen LogP contribution >= 0.6 is 0 Å². The predicted molar refractivity (Wildman–Crippen MR) is 66.8 cm³/mol. The Hall–Kier alpha value is -0.260. The van der Waals surface area contributed by atoms with Crippen molar-refractivity contribution >= 4 is 0 Å². The predicted octanol–water partition coefficient (Wildman–Crippen LogP) is 4.81. The molecular weight excluding hydrogens is 180 g/mol. The summed E-state index contributed by atoms with van der Waals surface area (Å²) >= 11 is 0. The van der Waals surface area contributed by atoms with Gasteiger partial charge in [0, 0.05) is 0 Å². The summed E-state index contributed by atoms with van der Waals surface area (Å²) in [5, 5.41) is 0. The van der Waals surface area contributed by atoms with Gasteiger partial charge in [0.2, 0.25) is 0 Å². The molecule has 0 amide bonds. The Morgan fingerprint density at radius 1 is 1.33 bits per heavy atom. The second-order valence-electron chi connectivity index (χ2n) is 6.20. The number of rotatable bonds is 3. The van der Waals surface area contributed by atoms with E-state index in [0.717, 1.165) is 17.8 Å². The summed E-state index contributed by atoms with van der Waals surface area (Å²) < 4.78 is 0. The fourth-order valence-electron chi connectivity index (χ4n) is 4.15. The maximum atomic E-state index is 2.52. The average molecular weight is 206 g/mol. The van der Waals surface area contributed by atoms with Gasteiger partial charge in [0.15, 0.2) is 0 Å². The first-order valence-electron chi connectivity index (χ1n) is 6.73. The lowest BCUT2D eigenvalue weighted by Gasteiger charge is -2.39. The number of hydrogen-bond acceptors (Lipinski definition) is 0. The first kappa shape index (κ1) is 11.2. The van der Waals surface area contributed by atoms with E-state index in [1.807, 2.05) is 0 Å². The highest BCUT2D eigenvalue weighted by Gasteiger charge is 2.52. The Balaban J connectivity index is 2.09. The first-order valence-corrected chi connectivity index (χ1v) is 6.73. The Bertz CT molecular complexity index is 259. The smallest absolute Gasteiger partial charge is 0.0284 e. The first-order chi connectivity index (χ1) is 7.09. The maximum Gasteiger partial charge on any atom is -0.0284 e. The third-order valence-corrected chi connectivity index (χ3v) is 5.39. The molecule has 0 heterocycles. The zero-order valence-corrected chi connectivity index (χ0v) is 10.8. The van der Waals surface area contributed by atoms with Crippen molar-refractivity contribution in [2.75, 3.05) is 0 Å². The molecule has 0 radical (unpaired) electrons. The van der Waals surface area contributed by atoms with Crippen LogP contribution in [-0.4, -0.2) is 0 Å². The van der Waals surface area contributed by atoms with Crippen molar-refractivity contribution in [3.8, 4) is 0 Å². The summed E-state index contributed by atoms with van der Waals surface area (Å²) in [6.45, 7) is 9.55. The minimum absolute atomic E-state index is 0.617. The summed E-state index contributed by atoms with van der Waals surface area (Å²) in [5.41, 5.74) is 2.30. The van der Waals surface area contributed by atoms with Crippen LogP contribution in [0.2, 0.25) is 0 Å². The molecular formula is C15H26. The molecule has 0 aromatic carbocycles. The van der Waals surface area contributed by atoms with Gasteiger partial charge in [0.1, 0.15) is 0 Å². The summed E-state index contributed by atoms with van der Waals surface area (Å²) in [7, 11) is 0. The molecule has 0 aliphatic heterocycles. The average Bonchev–Trinajstić information content (AvgIpc) is 2.75. The zero-order chi connectivity index (χ0) is 11.1. The van der Waals surface area contributed by atoms with Crippen molar-refractivity contribution in [2.24, 2.45) is 23.2 Å². The van der Waals surface area contributed by atoms with Crippen LogP contribution in [-0.2, 0) is 0 Å². The van der Waals surface area contributed by atoms with Gasteiger partial charge in [-0.3, -0.25) is 0 Å². The van der Waals surface area contributed by atoms with Gasteiger partial charge >= 0.3 is 0 Å². The molecule has 2 aliphatic carbocycles. The molecule has 0 heteroatoms. The largest absolute Gasteiger partial charge is 0.0885 e. The molecule has 0 aromatic rings. The molecule has 3 atom stereocenters. The minimum atomic E-state index is 0.617. The lowest BCUT2D eigenvalue weighted by molar-refractivity contribution is 0.121. The SMILES string of the molecule is C/C=C(/CC)CC1C2CCC(C2)C1(C)C. The van der Waals surface area contributed by atoms with E-state index in [1.165, 1.54) is 32.1 Å². The minimum Gasteiger partial charge on any atom is -0.0885 e. The van der Waals surface area contributed by atoms with Crippen LogP contribution in [0.3, 0.4) is 0 Å². The molecule has 15 heavy (non-hydrogen) atoms. The van der Waals surface area contributed by atoms with Crippen molar-refractivity contribution in [1.82, 2.24) is 0 Å². The fraction of sp³-hybridized carbons (Fsp3) is 0.867. The summed E-state index contributed by atoms with van der Waals surface area (Å²) in [6.07, 6.45) is 9.52. The molecule has 2 aliphatic rings. The van der Waals surface area contributed by atoms with Crippen LogP contribution in [0.25, 0.3) is 0 Å². The van der Waals surface area contributed by atoms with Gasteiger partial charge in [-0.1, -0.05) is 32.4 Å². The second kappa shape index (κ2) is 3.96. The standard InChI is InChI=1S/C15H26/c1-5-11(6-2)9-14-12-7-8-13(10-12)15(14,3)4/h5,12-14H,6-10H2,1-4H3/b11-5-. The van der Waals surface area contributed by atoms with Crippen molar-refractivity contribution in [2.45, 2.75) is 59.8 Å². The Morgan fingerprint density at radius 2 is 2.07 bits per heavy atom. The topological polar surface area (TPSA) is 0 Å². The quantitative estimate of drug-likeness (QED) is 0.582. The molecule has 0 nitrogen and oxygen atoms in total. The third kappa shape index (κ3) is 1.77. The van der Waals surface area contributed by atoms with E-state index in [2.05, 4.69) is 33.8 Å². The Morgan fingerprint density at radius 3 is 2.53 bits per heavy atom. The number of fused-ring (bicyclic) bond motifs is 2. The molecule has 2 fully saturated rings. The monoisotopic (exact) mass is 206 g/mol. The summed E-state index contributed by atoms with van der Waals surface area (Å²) in [5.74, 6) is 3.05. The second-order valence-corrected chi connectivity index (χ2v) is 6.20. The summed E-state index contributed by atoms with van der Waals surface area (Å²) in [6, 6.07) is 0. The van der Waals surface area contributed by atoms with Crippen molar-refractivity contribution in [1.29, 1.82) is 0 Å². The highest BCUT2D eigenvalue weighted by Crippen LogP contribution is 2.60. The lowest BCUT2D eigenvalue weighted by Crippen LogP contribution is -2.30. The van der Waals surface area contributed by atoms with Crippen molar-refractivity contribution < 1.29 is 0 Å². The Labute approximate surface area is 95.1 Å². The molecule has 0 saturated heterocycles. The van der Waals surface area contributed by atoms with E-state index in [9.17, 15) is 0 Å². The maximum absolute atomic E-state index is 2.52.